The van der Waals surface area contributed by atoms with E-state index in [0.29, 0.717) is 12.1 Å². The first-order valence-electron chi connectivity index (χ1n) is 8.55. The standard InChI is InChI=1S/C20H22N6O/c21-16-6-4-13(5-7-16)10-24-11-15-3-1-2-14(8-15)9-17-12-25-19(22)18(26-17)20(23)27/h1-8,12,24H,9-11,21H2,(H2,22,25)(H2,23,27). The average Bonchev–Trinajstić information content (AvgIpc) is 2.65. The molecule has 0 spiro atoms. The Labute approximate surface area is 157 Å². The van der Waals surface area contributed by atoms with Gasteiger partial charge in [-0.2, -0.15) is 0 Å². The van der Waals surface area contributed by atoms with Gasteiger partial charge in [0.05, 0.1) is 11.9 Å². The van der Waals surface area contributed by atoms with Gasteiger partial charge in [0.25, 0.3) is 5.91 Å². The van der Waals surface area contributed by atoms with Gasteiger partial charge in [0.1, 0.15) is 0 Å². The van der Waals surface area contributed by atoms with Crippen molar-refractivity contribution >= 4 is 17.4 Å². The maximum atomic E-state index is 11.4. The molecule has 0 bridgehead atoms. The minimum Gasteiger partial charge on any atom is -0.399 e. The summed E-state index contributed by atoms with van der Waals surface area (Å²) in [5.41, 5.74) is 21.4. The summed E-state index contributed by atoms with van der Waals surface area (Å²) in [5, 5.41) is 3.41. The molecule has 7 N–H and O–H groups in total. The molecular weight excluding hydrogens is 340 g/mol. The van der Waals surface area contributed by atoms with E-state index in [-0.39, 0.29) is 11.5 Å². The summed E-state index contributed by atoms with van der Waals surface area (Å²) in [6.07, 6.45) is 2.10. The topological polar surface area (TPSA) is 133 Å². The number of primary amides is 1. The van der Waals surface area contributed by atoms with Crippen molar-refractivity contribution in [3.8, 4) is 0 Å². The van der Waals surface area contributed by atoms with E-state index in [1.165, 1.54) is 5.56 Å². The predicted molar refractivity (Wildman–Crippen MR) is 106 cm³/mol. The highest BCUT2D eigenvalue weighted by Gasteiger charge is 2.10. The number of nitrogens with one attached hydrogen (secondary N) is 1. The van der Waals surface area contributed by atoms with E-state index >= 15 is 0 Å². The number of carbonyl (C=O) groups is 1. The molecule has 0 unspecified atom stereocenters. The van der Waals surface area contributed by atoms with Gasteiger partial charge in [0.15, 0.2) is 11.5 Å². The number of nitrogen functional groups attached to an aromatic ring is 2. The van der Waals surface area contributed by atoms with Crippen LogP contribution in [0.15, 0.2) is 54.7 Å². The number of rotatable bonds is 7. The Balaban J connectivity index is 1.62. The van der Waals surface area contributed by atoms with Crippen molar-refractivity contribution < 1.29 is 4.79 Å². The predicted octanol–water partition coefficient (Wildman–Crippen LogP) is 1.62. The van der Waals surface area contributed by atoms with E-state index in [9.17, 15) is 4.79 Å². The van der Waals surface area contributed by atoms with Crippen LogP contribution in [-0.4, -0.2) is 15.9 Å². The zero-order chi connectivity index (χ0) is 19.2. The molecule has 0 aliphatic rings. The van der Waals surface area contributed by atoms with Gasteiger partial charge < -0.3 is 22.5 Å². The van der Waals surface area contributed by atoms with Crippen LogP contribution < -0.4 is 22.5 Å². The van der Waals surface area contributed by atoms with Crippen LogP contribution in [0.1, 0.15) is 32.9 Å². The Hall–Kier alpha value is -3.45. The molecule has 0 atom stereocenters. The fourth-order valence-corrected chi connectivity index (χ4v) is 2.75. The summed E-state index contributed by atoms with van der Waals surface area (Å²) in [6.45, 7) is 1.49. The number of amides is 1. The largest absolute Gasteiger partial charge is 0.399 e. The summed E-state index contributed by atoms with van der Waals surface area (Å²) >= 11 is 0. The second kappa shape index (κ2) is 8.29. The number of hydrogen-bond acceptors (Lipinski definition) is 6. The molecule has 27 heavy (non-hydrogen) atoms. The Bertz CT molecular complexity index is 939. The second-order valence-corrected chi connectivity index (χ2v) is 6.30. The van der Waals surface area contributed by atoms with Crippen molar-refractivity contribution in [3.05, 3.63) is 82.8 Å². The Kier molecular flexibility index (Phi) is 5.63. The van der Waals surface area contributed by atoms with Crippen molar-refractivity contribution in [1.29, 1.82) is 0 Å². The van der Waals surface area contributed by atoms with Crippen molar-refractivity contribution in [2.75, 3.05) is 11.5 Å². The highest BCUT2D eigenvalue weighted by molar-refractivity contribution is 5.94. The van der Waals surface area contributed by atoms with Crippen LogP contribution in [0.4, 0.5) is 11.5 Å². The summed E-state index contributed by atoms with van der Waals surface area (Å²) in [4.78, 5) is 19.6. The van der Waals surface area contributed by atoms with Crippen LogP contribution in [0.2, 0.25) is 0 Å². The van der Waals surface area contributed by atoms with Crippen molar-refractivity contribution in [3.63, 3.8) is 0 Å². The van der Waals surface area contributed by atoms with Crippen molar-refractivity contribution in [2.45, 2.75) is 19.5 Å². The zero-order valence-electron chi connectivity index (χ0n) is 14.9. The lowest BCUT2D eigenvalue weighted by Crippen LogP contribution is -2.17. The summed E-state index contributed by atoms with van der Waals surface area (Å²) in [6, 6.07) is 16.0. The summed E-state index contributed by atoms with van der Waals surface area (Å²) < 4.78 is 0. The normalized spacial score (nSPS) is 10.7. The van der Waals surface area contributed by atoms with Gasteiger partial charge in [0.2, 0.25) is 0 Å². The quantitative estimate of drug-likeness (QED) is 0.472. The van der Waals surface area contributed by atoms with E-state index < -0.39 is 5.91 Å². The minimum atomic E-state index is -0.678. The molecule has 7 heteroatoms. The molecule has 1 amide bonds. The number of hydrogen-bond donors (Lipinski definition) is 4. The Morgan fingerprint density at radius 1 is 0.963 bits per heavy atom. The van der Waals surface area contributed by atoms with E-state index in [1.807, 2.05) is 36.4 Å². The molecule has 3 aromatic rings. The molecule has 1 aromatic heterocycles. The summed E-state index contributed by atoms with van der Waals surface area (Å²) in [7, 11) is 0. The molecule has 0 aliphatic carbocycles. The molecule has 0 saturated heterocycles. The Morgan fingerprint density at radius 2 is 1.67 bits per heavy atom. The number of benzene rings is 2. The molecule has 2 aromatic carbocycles. The number of nitrogens with zero attached hydrogens (tertiary/aromatic N) is 2. The second-order valence-electron chi connectivity index (χ2n) is 6.30. The number of anilines is 2. The van der Waals surface area contributed by atoms with Crippen LogP contribution in [-0.2, 0) is 19.5 Å². The highest BCUT2D eigenvalue weighted by atomic mass is 16.1. The third-order valence-electron chi connectivity index (χ3n) is 4.10. The molecule has 0 radical (unpaired) electrons. The lowest BCUT2D eigenvalue weighted by Gasteiger charge is -2.08. The van der Waals surface area contributed by atoms with Crippen LogP contribution in [0.25, 0.3) is 0 Å². The number of nitrogens with two attached hydrogens (primary N) is 3. The maximum absolute atomic E-state index is 11.4. The fraction of sp³-hybridized carbons (Fsp3) is 0.150. The molecule has 0 aliphatic heterocycles. The average molecular weight is 362 g/mol. The van der Waals surface area contributed by atoms with E-state index in [4.69, 9.17) is 17.2 Å². The van der Waals surface area contributed by atoms with Crippen molar-refractivity contribution in [2.24, 2.45) is 5.73 Å². The van der Waals surface area contributed by atoms with Gasteiger partial charge >= 0.3 is 0 Å². The van der Waals surface area contributed by atoms with Gasteiger partial charge in [-0.1, -0.05) is 36.4 Å². The molecule has 138 valence electrons. The molecule has 0 fully saturated rings. The van der Waals surface area contributed by atoms with Crippen LogP contribution in [0.5, 0.6) is 0 Å². The third kappa shape index (κ3) is 5.02. The summed E-state index contributed by atoms with van der Waals surface area (Å²) in [5.74, 6) is -0.630. The molecule has 1 heterocycles. The van der Waals surface area contributed by atoms with Gasteiger partial charge in [-0.05, 0) is 28.8 Å². The minimum absolute atomic E-state index is 0.00817. The van der Waals surface area contributed by atoms with E-state index in [1.54, 1.807) is 6.20 Å². The zero-order valence-corrected chi connectivity index (χ0v) is 14.9. The van der Waals surface area contributed by atoms with Crippen molar-refractivity contribution in [1.82, 2.24) is 15.3 Å². The highest BCUT2D eigenvalue weighted by Crippen LogP contribution is 2.13. The van der Waals surface area contributed by atoms with Crippen LogP contribution >= 0.6 is 0 Å². The van der Waals surface area contributed by atoms with Crippen LogP contribution in [0, 0.1) is 0 Å². The third-order valence-corrected chi connectivity index (χ3v) is 4.10. The lowest BCUT2D eigenvalue weighted by atomic mass is 10.1. The lowest BCUT2D eigenvalue weighted by molar-refractivity contribution is 0.0996. The fourth-order valence-electron chi connectivity index (χ4n) is 2.75. The first kappa shape index (κ1) is 18.3. The smallest absolute Gasteiger partial charge is 0.271 e. The molecule has 3 rings (SSSR count). The van der Waals surface area contributed by atoms with Gasteiger partial charge in [-0.25, -0.2) is 9.97 Å². The van der Waals surface area contributed by atoms with Gasteiger partial charge in [0, 0.05) is 25.2 Å². The first-order chi connectivity index (χ1) is 13.0. The molecular formula is C20H22N6O. The SMILES string of the molecule is NC(=O)c1nc(Cc2cccc(CNCc3ccc(N)cc3)c2)cnc1N. The number of carbonyl (C=O) groups excluding carboxylic acids is 1. The van der Waals surface area contributed by atoms with Gasteiger partial charge in [-0.3, -0.25) is 4.79 Å². The van der Waals surface area contributed by atoms with Crippen LogP contribution in [0.3, 0.4) is 0 Å². The maximum Gasteiger partial charge on any atom is 0.271 e. The van der Waals surface area contributed by atoms with E-state index in [0.717, 1.165) is 29.9 Å². The Morgan fingerprint density at radius 3 is 2.41 bits per heavy atom. The van der Waals surface area contributed by atoms with Gasteiger partial charge in [-0.15, -0.1) is 0 Å². The first-order valence-corrected chi connectivity index (χ1v) is 8.55. The number of aromatic nitrogens is 2. The monoisotopic (exact) mass is 362 g/mol. The van der Waals surface area contributed by atoms with E-state index in [2.05, 4.69) is 27.4 Å². The molecule has 0 saturated carbocycles. The molecule has 7 nitrogen and oxygen atoms in total.